The molecule has 204 valence electrons. The Hall–Kier alpha value is -1.13. The van der Waals surface area contributed by atoms with Crippen molar-refractivity contribution in [3.63, 3.8) is 0 Å². The SMILES string of the molecule is CC(=O)O[C@H]1CC[C@]2(C)C3=CC[C@@]4(C)[C@H]([C@@H](C)CC[C@@H](O)C(C)(C)O)CC[C@]4(C)C3=CC[C@H]2C1(C)C. The predicted molar refractivity (Wildman–Crippen MR) is 145 cm³/mol. The van der Waals surface area contributed by atoms with E-state index in [-0.39, 0.29) is 33.7 Å². The highest BCUT2D eigenvalue weighted by Crippen LogP contribution is 2.71. The van der Waals surface area contributed by atoms with E-state index < -0.39 is 11.7 Å². The normalized spacial score (nSPS) is 41.2. The Balaban J connectivity index is 1.60. The highest BCUT2D eigenvalue weighted by Gasteiger charge is 2.63. The van der Waals surface area contributed by atoms with Crippen molar-refractivity contribution in [2.45, 2.75) is 131 Å². The molecule has 0 bridgehead atoms. The second kappa shape index (κ2) is 8.97. The van der Waals surface area contributed by atoms with Gasteiger partial charge in [0, 0.05) is 12.3 Å². The number of aliphatic hydroxyl groups is 2. The molecule has 0 amide bonds. The van der Waals surface area contributed by atoms with Crippen molar-refractivity contribution in [1.82, 2.24) is 0 Å². The number of hydrogen-bond donors (Lipinski definition) is 2. The van der Waals surface area contributed by atoms with E-state index >= 15 is 0 Å². The maximum Gasteiger partial charge on any atom is 0.302 e. The van der Waals surface area contributed by atoms with Gasteiger partial charge in [-0.2, -0.15) is 0 Å². The lowest BCUT2D eigenvalue weighted by atomic mass is 9.44. The molecule has 4 heteroatoms. The van der Waals surface area contributed by atoms with Crippen molar-refractivity contribution in [2.24, 2.45) is 39.4 Å². The van der Waals surface area contributed by atoms with Gasteiger partial charge in [0.1, 0.15) is 6.10 Å². The van der Waals surface area contributed by atoms with Crippen LogP contribution in [0.5, 0.6) is 0 Å². The number of hydrogen-bond acceptors (Lipinski definition) is 4. The zero-order valence-electron chi connectivity index (χ0n) is 24.4. The van der Waals surface area contributed by atoms with Gasteiger partial charge in [0.25, 0.3) is 0 Å². The van der Waals surface area contributed by atoms with Gasteiger partial charge in [-0.25, -0.2) is 0 Å². The molecule has 0 heterocycles. The molecule has 0 aromatic heterocycles. The third-order valence-corrected chi connectivity index (χ3v) is 12.0. The number of aliphatic hydroxyl groups excluding tert-OH is 1. The van der Waals surface area contributed by atoms with Crippen molar-refractivity contribution in [3.8, 4) is 0 Å². The molecule has 4 aliphatic rings. The lowest BCUT2D eigenvalue weighted by Gasteiger charge is -2.61. The Labute approximate surface area is 220 Å². The first-order valence-electron chi connectivity index (χ1n) is 14.5. The van der Waals surface area contributed by atoms with Crippen LogP contribution < -0.4 is 0 Å². The molecular weight excluding hydrogens is 448 g/mol. The summed E-state index contributed by atoms with van der Waals surface area (Å²) in [6.45, 7) is 19.5. The van der Waals surface area contributed by atoms with Crippen LogP contribution in [0.1, 0.15) is 114 Å². The summed E-state index contributed by atoms with van der Waals surface area (Å²) in [6, 6.07) is 0. The second-order valence-corrected chi connectivity index (χ2v) is 14.7. The van der Waals surface area contributed by atoms with Crippen LogP contribution in [-0.4, -0.2) is 34.0 Å². The van der Waals surface area contributed by atoms with Gasteiger partial charge >= 0.3 is 5.97 Å². The first-order chi connectivity index (χ1) is 16.5. The Bertz CT molecular complexity index is 938. The maximum absolute atomic E-state index is 11.8. The lowest BCUT2D eigenvalue weighted by molar-refractivity contribution is -0.165. The maximum atomic E-state index is 11.8. The van der Waals surface area contributed by atoms with Crippen molar-refractivity contribution >= 4 is 5.97 Å². The monoisotopic (exact) mass is 500 g/mol. The highest BCUT2D eigenvalue weighted by atomic mass is 16.5. The number of fused-ring (bicyclic) bond motifs is 5. The number of rotatable bonds is 6. The average molecular weight is 501 g/mol. The Morgan fingerprint density at radius 3 is 2.36 bits per heavy atom. The zero-order chi connectivity index (χ0) is 26.9. The summed E-state index contributed by atoms with van der Waals surface area (Å²) in [4.78, 5) is 11.8. The standard InChI is InChI=1S/C32H52O4/c1-20(10-13-26(34)29(5,6)35)22-14-18-32(9)24-11-12-25-28(3,4)27(36-21(2)33)16-17-30(25,7)23(24)15-19-31(22,32)8/h11,15,20,22,25-27,34-35H,10,12-14,16-19H2,1-9H3/t20-,22-,25-,26+,27-,30+,31-,32+/m0/s1. The van der Waals surface area contributed by atoms with Gasteiger partial charge in [0.05, 0.1) is 11.7 Å². The molecule has 2 N–H and O–H groups in total. The molecule has 8 atom stereocenters. The molecule has 4 aliphatic carbocycles. The minimum atomic E-state index is -1.04. The minimum absolute atomic E-state index is 0.0102. The second-order valence-electron chi connectivity index (χ2n) is 14.7. The van der Waals surface area contributed by atoms with E-state index in [0.717, 1.165) is 32.1 Å². The fourth-order valence-electron chi connectivity index (χ4n) is 9.32. The lowest BCUT2D eigenvalue weighted by Crippen LogP contribution is -2.55. The van der Waals surface area contributed by atoms with E-state index in [1.807, 2.05) is 0 Å². The number of carbonyl (C=O) groups excluding carboxylic acids is 1. The van der Waals surface area contributed by atoms with Gasteiger partial charge in [0.2, 0.25) is 0 Å². The van der Waals surface area contributed by atoms with Crippen LogP contribution in [0.25, 0.3) is 0 Å². The molecular formula is C32H52O4. The average Bonchev–Trinajstić information content (AvgIpc) is 3.04. The highest BCUT2D eigenvalue weighted by molar-refractivity contribution is 5.66. The first-order valence-corrected chi connectivity index (χ1v) is 14.5. The third-order valence-electron chi connectivity index (χ3n) is 12.0. The minimum Gasteiger partial charge on any atom is -0.462 e. The van der Waals surface area contributed by atoms with Gasteiger partial charge in [-0.1, -0.05) is 53.7 Å². The Kier molecular flexibility index (Phi) is 6.95. The topological polar surface area (TPSA) is 66.8 Å². The summed E-state index contributed by atoms with van der Waals surface area (Å²) in [6.07, 6.45) is 12.7. The Morgan fingerprint density at radius 1 is 1.08 bits per heavy atom. The molecule has 0 saturated heterocycles. The largest absolute Gasteiger partial charge is 0.462 e. The summed E-state index contributed by atoms with van der Waals surface area (Å²) >= 11 is 0. The summed E-state index contributed by atoms with van der Waals surface area (Å²) in [5.41, 5.74) is 2.57. The number of esters is 1. The molecule has 0 unspecified atom stereocenters. The van der Waals surface area contributed by atoms with Gasteiger partial charge in [0.15, 0.2) is 0 Å². The third kappa shape index (κ3) is 4.13. The van der Waals surface area contributed by atoms with Crippen molar-refractivity contribution in [1.29, 1.82) is 0 Å². The van der Waals surface area contributed by atoms with Crippen LogP contribution in [0.3, 0.4) is 0 Å². The quantitative estimate of drug-likeness (QED) is 0.386. The van der Waals surface area contributed by atoms with Crippen molar-refractivity contribution in [3.05, 3.63) is 23.3 Å². The molecule has 0 spiro atoms. The fourth-order valence-corrected chi connectivity index (χ4v) is 9.32. The van der Waals surface area contributed by atoms with Gasteiger partial charge in [-0.05, 0) is 110 Å². The molecule has 0 aliphatic heterocycles. The van der Waals surface area contributed by atoms with E-state index in [9.17, 15) is 15.0 Å². The van der Waals surface area contributed by atoms with E-state index in [1.54, 1.807) is 25.0 Å². The molecule has 36 heavy (non-hydrogen) atoms. The summed E-state index contributed by atoms with van der Waals surface area (Å²) in [7, 11) is 0. The number of carbonyl (C=O) groups is 1. The molecule has 0 aromatic carbocycles. The van der Waals surface area contributed by atoms with Crippen LogP contribution in [-0.2, 0) is 9.53 Å². The van der Waals surface area contributed by atoms with Gasteiger partial charge < -0.3 is 14.9 Å². The molecule has 2 fully saturated rings. The molecule has 2 saturated carbocycles. The van der Waals surface area contributed by atoms with E-state index in [1.165, 1.54) is 19.8 Å². The van der Waals surface area contributed by atoms with E-state index in [0.29, 0.717) is 24.2 Å². The summed E-state index contributed by atoms with van der Waals surface area (Å²) in [5, 5.41) is 20.6. The summed E-state index contributed by atoms with van der Waals surface area (Å²) in [5.74, 6) is 1.42. The molecule has 0 aromatic rings. The molecule has 4 nitrogen and oxygen atoms in total. The van der Waals surface area contributed by atoms with E-state index in [4.69, 9.17) is 4.74 Å². The van der Waals surface area contributed by atoms with Crippen LogP contribution in [0.15, 0.2) is 23.3 Å². The van der Waals surface area contributed by atoms with Gasteiger partial charge in [-0.3, -0.25) is 4.79 Å². The number of allylic oxidation sites excluding steroid dienone is 4. The van der Waals surface area contributed by atoms with Crippen molar-refractivity contribution < 1.29 is 19.7 Å². The Morgan fingerprint density at radius 2 is 1.75 bits per heavy atom. The summed E-state index contributed by atoms with van der Waals surface area (Å²) < 4.78 is 5.83. The van der Waals surface area contributed by atoms with Crippen molar-refractivity contribution in [2.75, 3.05) is 0 Å². The van der Waals surface area contributed by atoms with Gasteiger partial charge in [-0.15, -0.1) is 0 Å². The predicted octanol–water partition coefficient (Wildman–Crippen LogP) is 6.99. The van der Waals surface area contributed by atoms with E-state index in [2.05, 4.69) is 53.7 Å². The fraction of sp³-hybridized carbons (Fsp3) is 0.844. The smallest absolute Gasteiger partial charge is 0.302 e. The first kappa shape index (κ1) is 27.9. The zero-order valence-corrected chi connectivity index (χ0v) is 24.4. The molecule has 4 rings (SSSR count). The van der Waals surface area contributed by atoms with Crippen LogP contribution >= 0.6 is 0 Å². The number of ether oxygens (including phenoxy) is 1. The van der Waals surface area contributed by atoms with Crippen LogP contribution in [0.2, 0.25) is 0 Å². The van der Waals surface area contributed by atoms with Crippen LogP contribution in [0.4, 0.5) is 0 Å². The van der Waals surface area contributed by atoms with Crippen LogP contribution in [0, 0.1) is 39.4 Å². The molecule has 0 radical (unpaired) electrons.